The topological polar surface area (TPSA) is 21.8 Å². The van der Waals surface area contributed by atoms with Crippen LogP contribution in [0.4, 0.5) is 0 Å². The number of methoxy groups -OCH3 is 1. The Morgan fingerprint density at radius 1 is 1.38 bits per heavy atom. The highest BCUT2D eigenvalue weighted by Crippen LogP contribution is 2.48. The molecule has 1 aromatic carbocycles. The fourth-order valence-electron chi connectivity index (χ4n) is 1.75. The van der Waals surface area contributed by atoms with Crippen molar-refractivity contribution in [3.63, 3.8) is 0 Å². The third-order valence-corrected chi connectivity index (χ3v) is 2.53. The maximum Gasteiger partial charge on any atom is 0.222 e. The van der Waals surface area contributed by atoms with Gasteiger partial charge in [0.15, 0.2) is 0 Å². The number of ether oxygens (including phenoxy) is 2. The number of epoxide rings is 1. The van der Waals surface area contributed by atoms with E-state index in [2.05, 4.69) is 6.92 Å². The van der Waals surface area contributed by atoms with E-state index in [-0.39, 0.29) is 6.10 Å². The second-order valence-electron chi connectivity index (χ2n) is 3.25. The maximum atomic E-state index is 5.57. The van der Waals surface area contributed by atoms with Gasteiger partial charge in [-0.1, -0.05) is 37.3 Å². The first-order chi connectivity index (χ1) is 6.33. The van der Waals surface area contributed by atoms with Gasteiger partial charge >= 0.3 is 0 Å². The first-order valence-corrected chi connectivity index (χ1v) is 4.62. The average molecular weight is 178 g/mol. The lowest BCUT2D eigenvalue weighted by Crippen LogP contribution is -2.14. The smallest absolute Gasteiger partial charge is 0.222 e. The van der Waals surface area contributed by atoms with Crippen molar-refractivity contribution in [2.24, 2.45) is 0 Å². The second kappa shape index (κ2) is 3.13. The molecule has 0 aliphatic carbocycles. The lowest BCUT2D eigenvalue weighted by molar-refractivity contribution is -0.0142. The van der Waals surface area contributed by atoms with Gasteiger partial charge in [0, 0.05) is 12.7 Å². The van der Waals surface area contributed by atoms with Gasteiger partial charge in [-0.2, -0.15) is 0 Å². The Morgan fingerprint density at radius 3 is 2.54 bits per heavy atom. The van der Waals surface area contributed by atoms with Crippen LogP contribution < -0.4 is 0 Å². The van der Waals surface area contributed by atoms with E-state index in [1.807, 2.05) is 30.3 Å². The van der Waals surface area contributed by atoms with Gasteiger partial charge in [-0.3, -0.25) is 0 Å². The van der Waals surface area contributed by atoms with Crippen LogP contribution in [-0.4, -0.2) is 13.2 Å². The van der Waals surface area contributed by atoms with Crippen molar-refractivity contribution in [2.45, 2.75) is 25.2 Å². The molecule has 2 rings (SSSR count). The Bertz CT molecular complexity index is 283. The number of hydrogen-bond donors (Lipinski definition) is 0. The van der Waals surface area contributed by atoms with Crippen LogP contribution in [0.3, 0.4) is 0 Å². The number of hydrogen-bond acceptors (Lipinski definition) is 2. The van der Waals surface area contributed by atoms with Crippen LogP contribution in [0.1, 0.15) is 18.9 Å². The SMILES string of the molecule is CCC1OC1(OC)c1ccccc1. The van der Waals surface area contributed by atoms with Gasteiger partial charge in [-0.25, -0.2) is 0 Å². The molecule has 1 fully saturated rings. The molecule has 1 aliphatic heterocycles. The van der Waals surface area contributed by atoms with Crippen molar-refractivity contribution in [3.8, 4) is 0 Å². The lowest BCUT2D eigenvalue weighted by Gasteiger charge is -2.10. The lowest BCUT2D eigenvalue weighted by atomic mass is 10.1. The van der Waals surface area contributed by atoms with Crippen molar-refractivity contribution in [3.05, 3.63) is 35.9 Å². The molecule has 2 unspecified atom stereocenters. The zero-order valence-corrected chi connectivity index (χ0v) is 7.99. The summed E-state index contributed by atoms with van der Waals surface area (Å²) >= 11 is 0. The molecule has 2 heteroatoms. The Labute approximate surface area is 78.5 Å². The fraction of sp³-hybridized carbons (Fsp3) is 0.455. The summed E-state index contributed by atoms with van der Waals surface area (Å²) in [6.45, 7) is 2.11. The van der Waals surface area contributed by atoms with Crippen molar-refractivity contribution in [1.29, 1.82) is 0 Å². The van der Waals surface area contributed by atoms with E-state index in [0.717, 1.165) is 12.0 Å². The Balaban J connectivity index is 2.25. The summed E-state index contributed by atoms with van der Waals surface area (Å²) in [5, 5.41) is 0. The molecule has 13 heavy (non-hydrogen) atoms. The molecule has 1 aliphatic rings. The minimum absolute atomic E-state index is 0.222. The molecule has 0 spiro atoms. The Hall–Kier alpha value is -0.860. The molecule has 0 bridgehead atoms. The largest absolute Gasteiger partial charge is 0.347 e. The highest BCUT2D eigenvalue weighted by atomic mass is 16.8. The van der Waals surface area contributed by atoms with Crippen molar-refractivity contribution < 1.29 is 9.47 Å². The van der Waals surface area contributed by atoms with Crippen LogP contribution in [0, 0.1) is 0 Å². The minimum Gasteiger partial charge on any atom is -0.347 e. The molecule has 0 amide bonds. The summed E-state index contributed by atoms with van der Waals surface area (Å²) in [4.78, 5) is 0. The number of benzene rings is 1. The molecular formula is C11H14O2. The van der Waals surface area contributed by atoms with E-state index in [9.17, 15) is 0 Å². The fourth-order valence-corrected chi connectivity index (χ4v) is 1.75. The summed E-state index contributed by atoms with van der Waals surface area (Å²) in [5.74, 6) is -0.448. The first-order valence-electron chi connectivity index (χ1n) is 4.62. The van der Waals surface area contributed by atoms with E-state index in [1.54, 1.807) is 7.11 Å². The van der Waals surface area contributed by atoms with Crippen molar-refractivity contribution in [2.75, 3.05) is 7.11 Å². The van der Waals surface area contributed by atoms with Gasteiger partial charge in [0.25, 0.3) is 0 Å². The van der Waals surface area contributed by atoms with Crippen LogP contribution in [0.2, 0.25) is 0 Å². The van der Waals surface area contributed by atoms with E-state index in [0.29, 0.717) is 0 Å². The van der Waals surface area contributed by atoms with Crippen LogP contribution in [0.15, 0.2) is 30.3 Å². The summed E-state index contributed by atoms with van der Waals surface area (Å²) < 4.78 is 11.0. The van der Waals surface area contributed by atoms with Crippen molar-refractivity contribution in [1.82, 2.24) is 0 Å². The maximum absolute atomic E-state index is 5.57. The third kappa shape index (κ3) is 1.26. The monoisotopic (exact) mass is 178 g/mol. The Kier molecular flexibility index (Phi) is 2.10. The molecule has 2 nitrogen and oxygen atoms in total. The molecule has 0 aromatic heterocycles. The van der Waals surface area contributed by atoms with E-state index in [1.165, 1.54) is 0 Å². The van der Waals surface area contributed by atoms with Gasteiger partial charge in [-0.05, 0) is 6.42 Å². The molecule has 1 aromatic rings. The van der Waals surface area contributed by atoms with Crippen LogP contribution >= 0.6 is 0 Å². The van der Waals surface area contributed by atoms with Gasteiger partial charge < -0.3 is 9.47 Å². The van der Waals surface area contributed by atoms with Crippen LogP contribution in [0.5, 0.6) is 0 Å². The standard InChI is InChI=1S/C11H14O2/c1-3-10-11(12-2,13-10)9-7-5-4-6-8-9/h4-8,10H,3H2,1-2H3. The molecule has 0 radical (unpaired) electrons. The zero-order chi connectivity index (χ0) is 9.31. The highest BCUT2D eigenvalue weighted by Gasteiger charge is 2.57. The predicted molar refractivity (Wildman–Crippen MR) is 50.3 cm³/mol. The van der Waals surface area contributed by atoms with Crippen molar-refractivity contribution >= 4 is 0 Å². The first kappa shape index (κ1) is 8.73. The van der Waals surface area contributed by atoms with E-state index < -0.39 is 5.79 Å². The average Bonchev–Trinajstić information content (AvgIpc) is 2.94. The minimum atomic E-state index is -0.448. The molecular weight excluding hydrogens is 164 g/mol. The second-order valence-corrected chi connectivity index (χ2v) is 3.25. The molecule has 1 saturated heterocycles. The third-order valence-electron chi connectivity index (χ3n) is 2.53. The van der Waals surface area contributed by atoms with Crippen LogP contribution in [0.25, 0.3) is 0 Å². The molecule has 0 N–H and O–H groups in total. The summed E-state index contributed by atoms with van der Waals surface area (Å²) in [6.07, 6.45) is 1.21. The summed E-state index contributed by atoms with van der Waals surface area (Å²) in [7, 11) is 1.70. The molecule has 0 saturated carbocycles. The zero-order valence-electron chi connectivity index (χ0n) is 7.99. The molecule has 2 atom stereocenters. The highest BCUT2D eigenvalue weighted by molar-refractivity contribution is 5.26. The normalized spacial score (nSPS) is 31.7. The van der Waals surface area contributed by atoms with Gasteiger partial charge in [0.1, 0.15) is 6.10 Å². The van der Waals surface area contributed by atoms with E-state index in [4.69, 9.17) is 9.47 Å². The Morgan fingerprint density at radius 2 is 2.08 bits per heavy atom. The predicted octanol–water partition coefficient (Wildman–Crippen LogP) is 2.29. The number of rotatable bonds is 3. The van der Waals surface area contributed by atoms with Crippen LogP contribution in [-0.2, 0) is 15.3 Å². The molecule has 1 heterocycles. The van der Waals surface area contributed by atoms with Gasteiger partial charge in [0.05, 0.1) is 0 Å². The van der Waals surface area contributed by atoms with Gasteiger partial charge in [0.2, 0.25) is 5.79 Å². The molecule has 70 valence electrons. The summed E-state index contributed by atoms with van der Waals surface area (Å²) in [6, 6.07) is 10.1. The van der Waals surface area contributed by atoms with E-state index >= 15 is 0 Å². The summed E-state index contributed by atoms with van der Waals surface area (Å²) in [5.41, 5.74) is 1.12. The van der Waals surface area contributed by atoms with Gasteiger partial charge in [-0.15, -0.1) is 0 Å². The quantitative estimate of drug-likeness (QED) is 0.662.